The number of fused-ring (bicyclic) bond motifs is 3. The first-order valence-corrected chi connectivity index (χ1v) is 20.1. The van der Waals surface area contributed by atoms with E-state index in [1.54, 1.807) is 12.1 Å². The van der Waals surface area contributed by atoms with Gasteiger partial charge < -0.3 is 4.57 Å². The van der Waals surface area contributed by atoms with E-state index in [0.717, 1.165) is 88.7 Å². The zero-order valence-corrected chi connectivity index (χ0v) is 32.9. The van der Waals surface area contributed by atoms with Gasteiger partial charge in [0, 0.05) is 38.6 Å². The van der Waals surface area contributed by atoms with Crippen molar-refractivity contribution in [3.8, 4) is 84.6 Å². The molecule has 0 radical (unpaired) electrons. The predicted molar refractivity (Wildman–Crippen MR) is 249 cm³/mol. The molecule has 0 aliphatic carbocycles. The minimum Gasteiger partial charge on any atom is -0.308 e. The van der Waals surface area contributed by atoms with Crippen LogP contribution in [0.5, 0.6) is 0 Å². The minimum absolute atomic E-state index is 0.227. The fraction of sp³-hybridized carbons (Fsp3) is 0. The van der Waals surface area contributed by atoms with Crippen LogP contribution in [-0.4, -0.2) is 4.57 Å². The topological polar surface area (TPSA) is 56.9 Å². The Bertz CT molecular complexity index is 3370. The molecule has 0 aliphatic heterocycles. The molecule has 4 heteroatoms. The molecular weight excluding hydrogens is 741 g/mol. The molecule has 0 saturated heterocycles. The number of rotatable bonds is 7. The molecule has 282 valence electrons. The third-order valence-corrected chi connectivity index (χ3v) is 11.5. The van der Waals surface area contributed by atoms with E-state index in [4.69, 9.17) is 6.57 Å². The van der Waals surface area contributed by atoms with Crippen LogP contribution in [0.3, 0.4) is 0 Å². The smallest absolute Gasteiger partial charge is 0.197 e. The number of hydrogen-bond acceptors (Lipinski definition) is 2. The van der Waals surface area contributed by atoms with E-state index in [-0.39, 0.29) is 16.8 Å². The van der Waals surface area contributed by atoms with E-state index >= 15 is 0 Å². The second kappa shape index (κ2) is 15.5. The van der Waals surface area contributed by atoms with Crippen LogP contribution in [0, 0.1) is 29.2 Å². The van der Waals surface area contributed by atoms with Crippen LogP contribution in [0.25, 0.3) is 99.1 Å². The van der Waals surface area contributed by atoms with E-state index in [1.165, 1.54) is 0 Å². The van der Waals surface area contributed by atoms with Crippen LogP contribution in [0.4, 0.5) is 5.69 Å². The summed E-state index contributed by atoms with van der Waals surface area (Å²) < 4.78 is 2.36. The van der Waals surface area contributed by atoms with Crippen LogP contribution in [0.15, 0.2) is 206 Å². The van der Waals surface area contributed by atoms with E-state index < -0.39 is 0 Å². The lowest BCUT2D eigenvalue weighted by molar-refractivity contribution is 1.18. The van der Waals surface area contributed by atoms with Crippen molar-refractivity contribution < 1.29 is 0 Å². The summed E-state index contributed by atoms with van der Waals surface area (Å²) in [6, 6.07) is 75.1. The maximum absolute atomic E-state index is 11.1. The van der Waals surface area contributed by atoms with Gasteiger partial charge in [0.15, 0.2) is 5.69 Å². The summed E-state index contributed by atoms with van der Waals surface area (Å²) in [4.78, 5) is 4.12. The molecule has 0 atom stereocenters. The lowest BCUT2D eigenvalue weighted by atomic mass is 9.76. The van der Waals surface area contributed by atoms with Crippen molar-refractivity contribution in [2.24, 2.45) is 0 Å². The van der Waals surface area contributed by atoms with E-state index in [0.29, 0.717) is 5.56 Å². The second-order valence-electron chi connectivity index (χ2n) is 14.9. The van der Waals surface area contributed by atoms with Crippen molar-refractivity contribution in [1.82, 2.24) is 4.57 Å². The Balaban J connectivity index is 1.57. The molecule has 4 nitrogen and oxygen atoms in total. The van der Waals surface area contributed by atoms with Crippen molar-refractivity contribution in [2.45, 2.75) is 0 Å². The predicted octanol–water partition coefficient (Wildman–Crippen LogP) is 15.1. The van der Waals surface area contributed by atoms with Gasteiger partial charge in [0.1, 0.15) is 0 Å². The Morgan fingerprint density at radius 2 is 0.836 bits per heavy atom. The average Bonchev–Trinajstić information content (AvgIpc) is 3.67. The number of nitriles is 2. The summed E-state index contributed by atoms with van der Waals surface area (Å²) in [6.07, 6.45) is 0. The summed E-state index contributed by atoms with van der Waals surface area (Å²) in [5.74, 6) is 0. The van der Waals surface area contributed by atoms with Crippen LogP contribution < -0.4 is 0 Å². The Hall–Kier alpha value is -8.75. The molecule has 9 aromatic carbocycles. The van der Waals surface area contributed by atoms with Gasteiger partial charge in [-0.3, -0.25) is 0 Å². The van der Waals surface area contributed by atoms with E-state index in [2.05, 4.69) is 173 Å². The van der Waals surface area contributed by atoms with Gasteiger partial charge in [0.05, 0.1) is 41.0 Å². The molecule has 0 unspecified atom stereocenters. The zero-order valence-electron chi connectivity index (χ0n) is 32.9. The van der Waals surface area contributed by atoms with E-state index in [9.17, 15) is 10.5 Å². The molecule has 1 aromatic heterocycles. The zero-order chi connectivity index (χ0) is 41.3. The number of para-hydroxylation sites is 1. The monoisotopic (exact) mass is 774 g/mol. The van der Waals surface area contributed by atoms with Gasteiger partial charge in [-0.05, 0) is 68.8 Å². The summed E-state index contributed by atoms with van der Waals surface area (Å²) in [5, 5.41) is 23.5. The minimum atomic E-state index is 0.227. The lowest BCUT2D eigenvalue weighted by Gasteiger charge is -2.30. The summed E-state index contributed by atoms with van der Waals surface area (Å²) in [7, 11) is 0. The summed E-state index contributed by atoms with van der Waals surface area (Å²) in [6.45, 7) is 8.69. The molecular formula is C57H34N4. The van der Waals surface area contributed by atoms with Gasteiger partial charge in [-0.15, -0.1) is 0 Å². The van der Waals surface area contributed by atoms with Crippen LogP contribution >= 0.6 is 0 Å². The fourth-order valence-electron chi connectivity index (χ4n) is 8.92. The van der Waals surface area contributed by atoms with Crippen molar-refractivity contribution >= 4 is 27.5 Å². The lowest BCUT2D eigenvalue weighted by Crippen LogP contribution is -2.08. The molecule has 0 fully saturated rings. The maximum Gasteiger partial charge on any atom is 0.197 e. The molecule has 0 bridgehead atoms. The van der Waals surface area contributed by atoms with Crippen LogP contribution in [0.1, 0.15) is 11.1 Å². The molecule has 1 heterocycles. The molecule has 0 amide bonds. The molecule has 0 N–H and O–H groups in total. The highest BCUT2D eigenvalue weighted by Gasteiger charge is 2.33. The third-order valence-electron chi connectivity index (χ3n) is 11.5. The van der Waals surface area contributed by atoms with Crippen LogP contribution in [-0.2, 0) is 0 Å². The van der Waals surface area contributed by atoms with Crippen molar-refractivity contribution in [2.75, 3.05) is 0 Å². The van der Waals surface area contributed by atoms with Crippen molar-refractivity contribution in [3.05, 3.63) is 229 Å². The number of nitrogens with zero attached hydrogens (tertiary/aromatic N) is 4. The van der Waals surface area contributed by atoms with Gasteiger partial charge in [0.25, 0.3) is 0 Å². The first-order chi connectivity index (χ1) is 30.2. The van der Waals surface area contributed by atoms with Gasteiger partial charge >= 0.3 is 0 Å². The Morgan fingerprint density at radius 1 is 0.377 bits per heavy atom. The summed E-state index contributed by atoms with van der Waals surface area (Å²) in [5.41, 5.74) is 14.5. The largest absolute Gasteiger partial charge is 0.308 e. The molecule has 10 aromatic rings. The Labute approximate surface area is 354 Å². The van der Waals surface area contributed by atoms with Gasteiger partial charge in [0.2, 0.25) is 0 Å². The SMILES string of the molecule is [C-]#[N+]c1cc(C#N)cc(C#N)c1-c1c(-c2ccccc2)c(-c2ccccc2)c(-c2ccccc2)c(-c2ccccc2)c1-n1c2ccccc2c2ccc(-c3ccccc3)cc21. The molecule has 0 aliphatic rings. The second-order valence-corrected chi connectivity index (χ2v) is 14.9. The first kappa shape index (κ1) is 36.6. The highest BCUT2D eigenvalue weighted by Crippen LogP contribution is 2.57. The van der Waals surface area contributed by atoms with Crippen molar-refractivity contribution in [1.29, 1.82) is 10.5 Å². The number of aromatic nitrogens is 1. The molecule has 0 spiro atoms. The highest BCUT2D eigenvalue weighted by atomic mass is 15.0. The molecule has 10 rings (SSSR count). The standard InChI is InChI=1S/C57H34N4/c1-60-48-34-38(36-58)33-45(37-59)51(48)56-54(42-25-13-5-14-26-42)52(40-21-9-3-10-22-40)53(41-23-11-4-12-24-41)55(43-27-15-6-16-28-43)57(56)61-49-30-18-17-29-46(49)47-32-31-44(35-50(47)61)39-19-7-2-8-20-39/h2-35H. The summed E-state index contributed by atoms with van der Waals surface area (Å²) >= 11 is 0. The van der Waals surface area contributed by atoms with Gasteiger partial charge in [-0.1, -0.05) is 182 Å². The first-order valence-electron chi connectivity index (χ1n) is 20.1. The fourth-order valence-corrected chi connectivity index (χ4v) is 8.92. The normalized spacial score (nSPS) is 10.9. The quantitative estimate of drug-likeness (QED) is 0.151. The number of hydrogen-bond donors (Lipinski definition) is 0. The third kappa shape index (κ3) is 6.23. The number of benzene rings is 9. The Morgan fingerprint density at radius 3 is 1.36 bits per heavy atom. The van der Waals surface area contributed by atoms with Gasteiger partial charge in [-0.2, -0.15) is 10.5 Å². The van der Waals surface area contributed by atoms with Gasteiger partial charge in [-0.25, -0.2) is 4.85 Å². The molecule has 61 heavy (non-hydrogen) atoms. The maximum atomic E-state index is 11.1. The Kier molecular flexibility index (Phi) is 9.32. The molecule has 0 saturated carbocycles. The highest BCUT2D eigenvalue weighted by molar-refractivity contribution is 6.17. The van der Waals surface area contributed by atoms with Crippen LogP contribution in [0.2, 0.25) is 0 Å². The van der Waals surface area contributed by atoms with E-state index in [1.807, 2.05) is 42.5 Å². The van der Waals surface area contributed by atoms with Crippen molar-refractivity contribution in [3.63, 3.8) is 0 Å². The average molecular weight is 775 g/mol.